The Morgan fingerprint density at radius 1 is 1.58 bits per heavy atom. The van der Waals surface area contributed by atoms with Gasteiger partial charge in [-0.3, -0.25) is 5.84 Å². The summed E-state index contributed by atoms with van der Waals surface area (Å²) in [5, 5.41) is 1.90. The molecule has 1 spiro atoms. The van der Waals surface area contributed by atoms with Gasteiger partial charge in [-0.1, -0.05) is 6.92 Å². The van der Waals surface area contributed by atoms with Crippen molar-refractivity contribution in [2.75, 3.05) is 19.7 Å². The zero-order valence-electron chi connectivity index (χ0n) is 7.75. The third-order valence-electron chi connectivity index (χ3n) is 2.96. The van der Waals surface area contributed by atoms with Crippen LogP contribution in [0.5, 0.6) is 0 Å². The fourth-order valence-electron chi connectivity index (χ4n) is 2.49. The molecule has 70 valence electrons. The Balaban J connectivity index is 2.00. The van der Waals surface area contributed by atoms with Crippen LogP contribution in [0.4, 0.5) is 0 Å². The molecule has 2 fully saturated rings. The second-order valence-corrected chi connectivity index (χ2v) is 4.38. The number of hydrogen-bond acceptors (Lipinski definition) is 3. The molecule has 0 radical (unpaired) electrons. The molecule has 0 saturated carbocycles. The van der Waals surface area contributed by atoms with Crippen molar-refractivity contribution in [3.63, 3.8) is 0 Å². The SMILES string of the molecule is CC1COC2(CCCN(N)C2)C1. The molecular weight excluding hydrogens is 152 g/mol. The lowest BCUT2D eigenvalue weighted by Crippen LogP contribution is -2.50. The molecule has 0 bridgehead atoms. The van der Waals surface area contributed by atoms with Gasteiger partial charge in [0.15, 0.2) is 0 Å². The van der Waals surface area contributed by atoms with E-state index in [-0.39, 0.29) is 5.60 Å². The van der Waals surface area contributed by atoms with Crippen LogP contribution >= 0.6 is 0 Å². The molecule has 0 aliphatic carbocycles. The molecule has 2 N–H and O–H groups in total. The van der Waals surface area contributed by atoms with E-state index >= 15 is 0 Å². The van der Waals surface area contributed by atoms with Crippen LogP contribution in [0.15, 0.2) is 0 Å². The van der Waals surface area contributed by atoms with Crippen molar-refractivity contribution in [2.45, 2.75) is 31.8 Å². The molecule has 0 aromatic heterocycles. The highest BCUT2D eigenvalue weighted by atomic mass is 16.5. The molecule has 0 amide bonds. The normalized spacial score (nSPS) is 44.0. The number of piperidine rings is 1. The molecule has 0 aromatic carbocycles. The summed E-state index contributed by atoms with van der Waals surface area (Å²) in [6, 6.07) is 0. The molecule has 2 heterocycles. The fraction of sp³-hybridized carbons (Fsp3) is 1.00. The minimum Gasteiger partial charge on any atom is -0.373 e. The van der Waals surface area contributed by atoms with E-state index in [9.17, 15) is 0 Å². The third-order valence-corrected chi connectivity index (χ3v) is 2.96. The standard InChI is InChI=1S/C9H18N2O/c1-8-5-9(12-6-8)3-2-4-11(10)7-9/h8H,2-7,10H2,1H3. The van der Waals surface area contributed by atoms with Gasteiger partial charge in [-0.2, -0.15) is 0 Å². The highest BCUT2D eigenvalue weighted by molar-refractivity contribution is 4.92. The Labute approximate surface area is 73.8 Å². The summed E-state index contributed by atoms with van der Waals surface area (Å²) < 4.78 is 5.84. The summed E-state index contributed by atoms with van der Waals surface area (Å²) in [5.74, 6) is 6.51. The van der Waals surface area contributed by atoms with Gasteiger partial charge in [-0.05, 0) is 25.2 Å². The van der Waals surface area contributed by atoms with Gasteiger partial charge in [0, 0.05) is 13.1 Å². The molecule has 0 aromatic rings. The van der Waals surface area contributed by atoms with Gasteiger partial charge in [0.2, 0.25) is 0 Å². The summed E-state index contributed by atoms with van der Waals surface area (Å²) in [4.78, 5) is 0. The van der Waals surface area contributed by atoms with Crippen LogP contribution in [0.3, 0.4) is 0 Å². The van der Waals surface area contributed by atoms with Gasteiger partial charge in [0.05, 0.1) is 12.2 Å². The average Bonchev–Trinajstić information content (AvgIpc) is 2.32. The van der Waals surface area contributed by atoms with Crippen LogP contribution in [0.25, 0.3) is 0 Å². The van der Waals surface area contributed by atoms with Gasteiger partial charge < -0.3 is 4.74 Å². The van der Waals surface area contributed by atoms with Gasteiger partial charge >= 0.3 is 0 Å². The van der Waals surface area contributed by atoms with Crippen LogP contribution in [-0.4, -0.2) is 30.3 Å². The average molecular weight is 170 g/mol. The quantitative estimate of drug-likeness (QED) is 0.545. The predicted octanol–water partition coefficient (Wildman–Crippen LogP) is 0.751. The molecule has 2 aliphatic rings. The summed E-state index contributed by atoms with van der Waals surface area (Å²) in [6.45, 7) is 5.13. The van der Waals surface area contributed by atoms with E-state index in [1.165, 1.54) is 19.3 Å². The first-order valence-electron chi connectivity index (χ1n) is 4.84. The number of hydrazine groups is 1. The molecule has 2 saturated heterocycles. The van der Waals surface area contributed by atoms with Crippen LogP contribution in [-0.2, 0) is 4.74 Å². The predicted molar refractivity (Wildman–Crippen MR) is 47.5 cm³/mol. The molecule has 2 aliphatic heterocycles. The van der Waals surface area contributed by atoms with Crippen molar-refractivity contribution in [3.05, 3.63) is 0 Å². The maximum absolute atomic E-state index is 5.84. The van der Waals surface area contributed by atoms with E-state index in [0.29, 0.717) is 0 Å². The molecule has 3 nitrogen and oxygen atoms in total. The second-order valence-electron chi connectivity index (χ2n) is 4.38. The molecule has 3 heteroatoms. The number of nitrogens with two attached hydrogens (primary N) is 1. The van der Waals surface area contributed by atoms with E-state index in [1.807, 2.05) is 5.01 Å². The monoisotopic (exact) mass is 170 g/mol. The Morgan fingerprint density at radius 2 is 2.42 bits per heavy atom. The van der Waals surface area contributed by atoms with Crippen LogP contribution in [0.2, 0.25) is 0 Å². The van der Waals surface area contributed by atoms with Crippen LogP contribution in [0.1, 0.15) is 26.2 Å². The first-order chi connectivity index (χ1) is 5.70. The van der Waals surface area contributed by atoms with Crippen molar-refractivity contribution in [3.8, 4) is 0 Å². The van der Waals surface area contributed by atoms with Crippen molar-refractivity contribution < 1.29 is 4.74 Å². The molecule has 2 rings (SSSR count). The third kappa shape index (κ3) is 1.49. The lowest BCUT2D eigenvalue weighted by Gasteiger charge is -2.37. The van der Waals surface area contributed by atoms with Gasteiger partial charge in [0.1, 0.15) is 0 Å². The van der Waals surface area contributed by atoms with Crippen LogP contribution < -0.4 is 5.84 Å². The highest BCUT2D eigenvalue weighted by Crippen LogP contribution is 2.36. The largest absolute Gasteiger partial charge is 0.373 e. The zero-order valence-corrected chi connectivity index (χ0v) is 7.75. The van der Waals surface area contributed by atoms with Crippen molar-refractivity contribution in [1.29, 1.82) is 0 Å². The van der Waals surface area contributed by atoms with E-state index < -0.39 is 0 Å². The van der Waals surface area contributed by atoms with E-state index in [4.69, 9.17) is 10.6 Å². The summed E-state index contributed by atoms with van der Waals surface area (Å²) in [6.07, 6.45) is 3.58. The van der Waals surface area contributed by atoms with Crippen molar-refractivity contribution >= 4 is 0 Å². The fourth-order valence-corrected chi connectivity index (χ4v) is 2.49. The van der Waals surface area contributed by atoms with E-state index in [2.05, 4.69) is 6.92 Å². The Morgan fingerprint density at radius 3 is 3.00 bits per heavy atom. The Kier molecular flexibility index (Phi) is 2.10. The molecular formula is C9H18N2O. The van der Waals surface area contributed by atoms with Gasteiger partial charge in [0.25, 0.3) is 0 Å². The lowest BCUT2D eigenvalue weighted by molar-refractivity contribution is -0.0517. The maximum Gasteiger partial charge on any atom is 0.0826 e. The van der Waals surface area contributed by atoms with Gasteiger partial charge in [-0.15, -0.1) is 0 Å². The topological polar surface area (TPSA) is 38.5 Å². The maximum atomic E-state index is 5.84. The summed E-state index contributed by atoms with van der Waals surface area (Å²) >= 11 is 0. The van der Waals surface area contributed by atoms with Gasteiger partial charge in [-0.25, -0.2) is 5.01 Å². The lowest BCUT2D eigenvalue weighted by atomic mass is 9.88. The zero-order chi connectivity index (χ0) is 8.60. The number of hydrogen-bond donors (Lipinski definition) is 1. The van der Waals surface area contributed by atoms with Crippen molar-refractivity contribution in [2.24, 2.45) is 11.8 Å². The van der Waals surface area contributed by atoms with Crippen molar-refractivity contribution in [1.82, 2.24) is 5.01 Å². The van der Waals surface area contributed by atoms with E-state index in [0.717, 1.165) is 25.6 Å². The number of rotatable bonds is 0. The Bertz CT molecular complexity index is 170. The number of ether oxygens (including phenoxy) is 1. The summed E-state index contributed by atoms with van der Waals surface area (Å²) in [5.41, 5.74) is 0.117. The number of nitrogens with zero attached hydrogens (tertiary/aromatic N) is 1. The highest BCUT2D eigenvalue weighted by Gasteiger charge is 2.41. The minimum absolute atomic E-state index is 0.117. The second kappa shape index (κ2) is 2.98. The smallest absolute Gasteiger partial charge is 0.0826 e. The molecule has 12 heavy (non-hydrogen) atoms. The molecule has 2 atom stereocenters. The molecule has 2 unspecified atom stereocenters. The first-order valence-corrected chi connectivity index (χ1v) is 4.84. The van der Waals surface area contributed by atoms with Crippen LogP contribution in [0, 0.1) is 5.92 Å². The summed E-state index contributed by atoms with van der Waals surface area (Å²) in [7, 11) is 0. The Hall–Kier alpha value is -0.120. The first kappa shape index (κ1) is 8.48. The van der Waals surface area contributed by atoms with E-state index in [1.54, 1.807) is 0 Å². The minimum atomic E-state index is 0.117.